The third kappa shape index (κ3) is 7.27. The number of amides is 1. The first-order valence-electron chi connectivity index (χ1n) is 15.2. The first kappa shape index (κ1) is 33.4. The summed E-state index contributed by atoms with van der Waals surface area (Å²) < 4.78 is 16.3. The zero-order chi connectivity index (χ0) is 31.5. The average molecular weight is 588 g/mol. The summed E-state index contributed by atoms with van der Waals surface area (Å²) in [6.45, 7) is 16.8. The summed E-state index contributed by atoms with van der Waals surface area (Å²) in [6.07, 6.45) is 6.11. The van der Waals surface area contributed by atoms with Gasteiger partial charge < -0.3 is 24.6 Å². The van der Waals surface area contributed by atoms with E-state index in [-0.39, 0.29) is 47.1 Å². The van der Waals surface area contributed by atoms with Gasteiger partial charge in [-0.3, -0.25) is 14.4 Å². The SMILES string of the molecule is C=C1[C@H](OC(=O)CCCCCNC(=O)OC(C)(C)C)CC[C@H]2[C@](C)(CC3=C(O)C(=O)C=C(OC)C3=O)[C@@H](C)CC[C@]12C. The molecule has 9 heteroatoms. The number of aliphatic hydroxyl groups excluding tert-OH is 1. The lowest BCUT2D eigenvalue weighted by Gasteiger charge is -2.59. The van der Waals surface area contributed by atoms with Crippen LogP contribution < -0.4 is 5.32 Å². The van der Waals surface area contributed by atoms with Gasteiger partial charge in [-0.15, -0.1) is 0 Å². The maximum Gasteiger partial charge on any atom is 0.407 e. The molecule has 0 heterocycles. The topological polar surface area (TPSA) is 128 Å². The van der Waals surface area contributed by atoms with Crippen LogP contribution in [0.4, 0.5) is 4.79 Å². The first-order valence-corrected chi connectivity index (χ1v) is 15.2. The number of esters is 1. The molecule has 0 radical (unpaired) electrons. The zero-order valence-corrected chi connectivity index (χ0v) is 26.4. The lowest BCUT2D eigenvalue weighted by atomic mass is 9.45. The number of fused-ring (bicyclic) bond motifs is 1. The van der Waals surface area contributed by atoms with Crippen molar-refractivity contribution >= 4 is 23.6 Å². The minimum atomic E-state index is -0.615. The predicted octanol–water partition coefficient (Wildman–Crippen LogP) is 6.28. The Bertz CT molecular complexity index is 1160. The van der Waals surface area contributed by atoms with Crippen molar-refractivity contribution < 1.29 is 38.5 Å². The van der Waals surface area contributed by atoms with Gasteiger partial charge in [-0.05, 0) is 94.0 Å². The maximum absolute atomic E-state index is 13.1. The van der Waals surface area contributed by atoms with Crippen molar-refractivity contribution in [2.45, 2.75) is 111 Å². The van der Waals surface area contributed by atoms with Crippen LogP contribution >= 0.6 is 0 Å². The molecule has 5 atom stereocenters. The van der Waals surface area contributed by atoms with E-state index in [0.717, 1.165) is 43.8 Å². The third-order valence-corrected chi connectivity index (χ3v) is 9.68. The second-order valence-corrected chi connectivity index (χ2v) is 13.6. The molecule has 3 aliphatic rings. The molecule has 0 aromatic rings. The van der Waals surface area contributed by atoms with Crippen LogP contribution in [0.15, 0.2) is 35.3 Å². The fourth-order valence-corrected chi connectivity index (χ4v) is 7.06. The zero-order valence-electron chi connectivity index (χ0n) is 26.4. The second kappa shape index (κ2) is 13.0. The van der Waals surface area contributed by atoms with Gasteiger partial charge in [0.2, 0.25) is 11.6 Å². The van der Waals surface area contributed by atoms with Gasteiger partial charge in [0, 0.05) is 24.6 Å². The minimum Gasteiger partial charge on any atom is -0.504 e. The van der Waals surface area contributed by atoms with Crippen molar-refractivity contribution in [1.82, 2.24) is 5.32 Å². The molecule has 0 aromatic heterocycles. The van der Waals surface area contributed by atoms with Crippen molar-refractivity contribution in [3.63, 3.8) is 0 Å². The fraction of sp³-hybridized carbons (Fsp3) is 0.697. The molecule has 1 amide bonds. The monoisotopic (exact) mass is 587 g/mol. The van der Waals surface area contributed by atoms with Gasteiger partial charge in [-0.25, -0.2) is 4.79 Å². The summed E-state index contributed by atoms with van der Waals surface area (Å²) >= 11 is 0. The van der Waals surface area contributed by atoms with E-state index in [1.165, 1.54) is 7.11 Å². The highest BCUT2D eigenvalue weighted by Gasteiger charge is 2.57. The van der Waals surface area contributed by atoms with E-state index >= 15 is 0 Å². The molecule has 3 rings (SSSR count). The number of unbranched alkanes of at least 4 members (excludes halogenated alkanes) is 2. The summed E-state index contributed by atoms with van der Waals surface area (Å²) in [5.74, 6) is -1.52. The Morgan fingerprint density at radius 3 is 2.45 bits per heavy atom. The molecular weight excluding hydrogens is 538 g/mol. The van der Waals surface area contributed by atoms with Crippen LogP contribution in [0.25, 0.3) is 0 Å². The smallest absolute Gasteiger partial charge is 0.407 e. The van der Waals surface area contributed by atoms with Gasteiger partial charge in [0.25, 0.3) is 0 Å². The Labute approximate surface area is 250 Å². The molecule has 2 fully saturated rings. The quantitative estimate of drug-likeness (QED) is 0.132. The number of nitrogens with one attached hydrogen (secondary N) is 1. The predicted molar refractivity (Wildman–Crippen MR) is 158 cm³/mol. The van der Waals surface area contributed by atoms with Crippen molar-refractivity contribution in [3.05, 3.63) is 35.3 Å². The van der Waals surface area contributed by atoms with E-state index in [4.69, 9.17) is 14.2 Å². The van der Waals surface area contributed by atoms with Gasteiger partial charge in [-0.2, -0.15) is 0 Å². The van der Waals surface area contributed by atoms with Gasteiger partial charge in [0.15, 0.2) is 11.5 Å². The largest absolute Gasteiger partial charge is 0.504 e. The number of carbonyl (C=O) groups excluding carboxylic acids is 4. The van der Waals surface area contributed by atoms with E-state index < -0.39 is 34.4 Å². The van der Waals surface area contributed by atoms with E-state index in [2.05, 4.69) is 32.7 Å². The van der Waals surface area contributed by atoms with Crippen LogP contribution in [0.2, 0.25) is 0 Å². The second-order valence-electron chi connectivity index (χ2n) is 13.6. The van der Waals surface area contributed by atoms with Crippen molar-refractivity contribution in [1.29, 1.82) is 0 Å². The number of aliphatic hydroxyl groups is 1. The highest BCUT2D eigenvalue weighted by atomic mass is 16.6. The lowest BCUT2D eigenvalue weighted by molar-refractivity contribution is -0.152. The molecule has 42 heavy (non-hydrogen) atoms. The van der Waals surface area contributed by atoms with Crippen molar-refractivity contribution in [3.8, 4) is 0 Å². The number of Topliss-reactive ketones (excluding diaryl/α,β-unsaturated/α-hetero) is 1. The summed E-state index contributed by atoms with van der Waals surface area (Å²) in [5.41, 5.74) is -0.251. The van der Waals surface area contributed by atoms with Crippen molar-refractivity contribution in [2.24, 2.45) is 22.7 Å². The van der Waals surface area contributed by atoms with E-state index in [9.17, 15) is 24.3 Å². The summed E-state index contributed by atoms with van der Waals surface area (Å²) in [4.78, 5) is 50.0. The third-order valence-electron chi connectivity index (χ3n) is 9.68. The standard InChI is InChI=1S/C33H49NO8/c1-20-15-16-32(6)21(2)24(41-27(36)12-10-9-11-17-34-30(39)42-31(3,4)5)13-14-26(32)33(20,7)19-22-28(37)23(35)18-25(40-8)29(22)38/h18,20,24,26,37H,2,9-17,19H2,1,3-8H3,(H,34,39)/t20-,24+,26+,32+,33+/m0/s1. The van der Waals surface area contributed by atoms with Crippen LogP contribution in [0.3, 0.4) is 0 Å². The summed E-state index contributed by atoms with van der Waals surface area (Å²) in [7, 11) is 1.34. The van der Waals surface area contributed by atoms with Crippen LogP contribution in [0.1, 0.15) is 99.3 Å². The normalized spacial score (nSPS) is 29.9. The van der Waals surface area contributed by atoms with Gasteiger partial charge >= 0.3 is 12.1 Å². The van der Waals surface area contributed by atoms with Crippen LogP contribution in [0.5, 0.6) is 0 Å². The highest BCUT2D eigenvalue weighted by Crippen LogP contribution is 2.63. The molecule has 0 aliphatic heterocycles. The summed E-state index contributed by atoms with van der Waals surface area (Å²) in [6, 6.07) is 0. The molecule has 0 spiro atoms. The summed E-state index contributed by atoms with van der Waals surface area (Å²) in [5, 5.41) is 13.3. The number of alkyl carbamates (subject to hydrolysis) is 1. The molecule has 9 nitrogen and oxygen atoms in total. The number of ether oxygens (including phenoxy) is 3. The minimum absolute atomic E-state index is 0.0537. The number of carbonyl (C=O) groups is 4. The number of methoxy groups -OCH3 is 1. The molecule has 2 saturated carbocycles. The number of hydrogen-bond acceptors (Lipinski definition) is 8. The molecule has 234 valence electrons. The Kier molecular flexibility index (Phi) is 10.4. The molecule has 0 saturated heterocycles. The van der Waals surface area contributed by atoms with Gasteiger partial charge in [0.05, 0.1) is 7.11 Å². The van der Waals surface area contributed by atoms with Crippen molar-refractivity contribution in [2.75, 3.05) is 13.7 Å². The molecular formula is C33H49NO8. The van der Waals surface area contributed by atoms with E-state index in [1.54, 1.807) is 0 Å². The lowest BCUT2D eigenvalue weighted by Crippen LogP contribution is -2.53. The number of rotatable bonds is 10. The number of ketones is 2. The highest BCUT2D eigenvalue weighted by molar-refractivity contribution is 6.20. The first-order chi connectivity index (χ1) is 19.5. The Balaban J connectivity index is 1.58. The van der Waals surface area contributed by atoms with Gasteiger partial charge in [-0.1, -0.05) is 33.8 Å². The van der Waals surface area contributed by atoms with E-state index in [1.807, 2.05) is 20.8 Å². The van der Waals surface area contributed by atoms with Crippen LogP contribution in [-0.2, 0) is 28.6 Å². The molecule has 0 aromatic carbocycles. The number of allylic oxidation sites excluding steroid dienone is 2. The average Bonchev–Trinajstić information content (AvgIpc) is 2.90. The van der Waals surface area contributed by atoms with E-state index in [0.29, 0.717) is 25.8 Å². The van der Waals surface area contributed by atoms with Gasteiger partial charge in [0.1, 0.15) is 11.7 Å². The maximum atomic E-state index is 13.1. The molecule has 2 N–H and O–H groups in total. The molecule has 0 unspecified atom stereocenters. The molecule has 3 aliphatic carbocycles. The fourth-order valence-electron chi connectivity index (χ4n) is 7.06. The van der Waals surface area contributed by atoms with Crippen LogP contribution in [-0.4, -0.2) is 54.1 Å². The number of hydrogen-bond donors (Lipinski definition) is 2. The Hall–Kier alpha value is -3.10. The Morgan fingerprint density at radius 1 is 1.12 bits per heavy atom. The Morgan fingerprint density at radius 2 is 1.81 bits per heavy atom. The van der Waals surface area contributed by atoms with Crippen LogP contribution in [0, 0.1) is 22.7 Å². The molecule has 0 bridgehead atoms.